The maximum absolute atomic E-state index is 13.4. The summed E-state index contributed by atoms with van der Waals surface area (Å²) in [5.74, 6) is 5.58. The molecule has 0 bridgehead atoms. The summed E-state index contributed by atoms with van der Waals surface area (Å²) in [6.45, 7) is 1.02. The van der Waals surface area contributed by atoms with E-state index < -0.39 is 12.2 Å². The Labute approximate surface area is 179 Å². The predicted octanol–water partition coefficient (Wildman–Crippen LogP) is 3.01. The number of carbonyl (C=O) groups is 1. The highest BCUT2D eigenvalue weighted by Crippen LogP contribution is 2.39. The molecule has 0 aliphatic carbocycles. The van der Waals surface area contributed by atoms with Gasteiger partial charge in [0.2, 0.25) is 5.54 Å². The van der Waals surface area contributed by atoms with Crippen LogP contribution in [0, 0.1) is 11.8 Å². The van der Waals surface area contributed by atoms with E-state index in [9.17, 15) is 9.18 Å². The molecule has 0 radical (unpaired) electrons. The number of likely N-dealkylation sites (N-methyl/N-ethyl adjacent to an activating group) is 1. The van der Waals surface area contributed by atoms with E-state index in [4.69, 9.17) is 5.73 Å². The lowest BCUT2D eigenvalue weighted by Gasteiger charge is -2.25. The van der Waals surface area contributed by atoms with Gasteiger partial charge in [-0.25, -0.2) is 9.38 Å². The molecule has 1 unspecified atom stereocenters. The number of benzene rings is 1. The van der Waals surface area contributed by atoms with Gasteiger partial charge in [0.15, 0.2) is 5.96 Å². The lowest BCUT2D eigenvalue weighted by Crippen LogP contribution is -2.41. The third kappa shape index (κ3) is 3.42. The maximum atomic E-state index is 13.4. The molecule has 0 spiro atoms. The third-order valence-electron chi connectivity index (χ3n) is 5.18. The molecule has 6 nitrogen and oxygen atoms in total. The second kappa shape index (κ2) is 8.00. The first-order chi connectivity index (χ1) is 15.0. The second-order valence-electron chi connectivity index (χ2n) is 7.11. The largest absolute Gasteiger partial charge is 0.369 e. The molecule has 0 saturated carbocycles. The number of nitrogens with zero attached hydrogens (tertiary/aromatic N) is 4. The lowest BCUT2D eigenvalue weighted by atomic mass is 9.84. The van der Waals surface area contributed by atoms with Gasteiger partial charge in [-0.1, -0.05) is 30.2 Å². The highest BCUT2D eigenvalue weighted by molar-refractivity contribution is 6.08. The van der Waals surface area contributed by atoms with Crippen molar-refractivity contribution >= 4 is 11.9 Å². The van der Waals surface area contributed by atoms with Crippen molar-refractivity contribution in [3.05, 3.63) is 83.4 Å². The normalized spacial score (nSPS) is 17.8. The molecule has 154 valence electrons. The van der Waals surface area contributed by atoms with Crippen LogP contribution in [0.5, 0.6) is 0 Å². The van der Waals surface area contributed by atoms with Gasteiger partial charge < -0.3 is 5.73 Å². The zero-order chi connectivity index (χ0) is 22.0. The van der Waals surface area contributed by atoms with E-state index in [2.05, 4.69) is 26.8 Å². The fourth-order valence-corrected chi connectivity index (χ4v) is 3.63. The van der Waals surface area contributed by atoms with Gasteiger partial charge in [0, 0.05) is 30.6 Å². The first kappa shape index (κ1) is 20.2. The molecule has 1 amide bonds. The van der Waals surface area contributed by atoms with E-state index in [1.807, 2.05) is 24.3 Å². The van der Waals surface area contributed by atoms with Crippen LogP contribution in [0.15, 0.2) is 65.9 Å². The molecule has 2 N–H and O–H groups in total. The third-order valence-corrected chi connectivity index (χ3v) is 5.18. The monoisotopic (exact) mass is 413 g/mol. The van der Waals surface area contributed by atoms with Crippen molar-refractivity contribution in [1.82, 2.24) is 14.9 Å². The summed E-state index contributed by atoms with van der Waals surface area (Å²) < 4.78 is 13.3. The number of pyridine rings is 2. The minimum Gasteiger partial charge on any atom is -0.369 e. The van der Waals surface area contributed by atoms with Crippen LogP contribution in [0.25, 0.3) is 11.1 Å². The SMILES string of the molecule is CC#Cc1cncc(-c2cccc(C3(c4cccc(CF)n4)N=C(N)N(C)C3=O)c2)c1. The minimum atomic E-state index is -1.49. The van der Waals surface area contributed by atoms with Gasteiger partial charge in [0.05, 0.1) is 11.4 Å². The van der Waals surface area contributed by atoms with Crippen molar-refractivity contribution in [1.29, 1.82) is 0 Å². The Bertz CT molecular complexity index is 1260. The summed E-state index contributed by atoms with van der Waals surface area (Å²) in [5, 5.41) is 0. The van der Waals surface area contributed by atoms with E-state index in [0.717, 1.165) is 16.7 Å². The molecule has 4 rings (SSSR count). The molecular weight excluding hydrogens is 393 g/mol. The molecule has 3 heterocycles. The van der Waals surface area contributed by atoms with Crippen LogP contribution >= 0.6 is 0 Å². The summed E-state index contributed by atoms with van der Waals surface area (Å²) in [4.78, 5) is 27.8. The fraction of sp³-hybridized carbons (Fsp3) is 0.167. The molecule has 0 saturated heterocycles. The molecule has 2 aromatic heterocycles. The Balaban J connectivity index is 1.92. The average molecular weight is 413 g/mol. The summed E-state index contributed by atoms with van der Waals surface area (Å²) in [5.41, 5.74) is 8.12. The standard InChI is InChI=1S/C24H20FN5O/c1-3-6-16-11-18(15-27-14-16)17-7-4-8-19(12-17)24(22(31)30(2)23(26)29-24)21-10-5-9-20(13-25)28-21/h4-5,7-12,14-15H,13H2,1-2H3,(H2,26,29). The Morgan fingerprint density at radius 2 is 1.94 bits per heavy atom. The second-order valence-corrected chi connectivity index (χ2v) is 7.11. The number of amides is 1. The van der Waals surface area contributed by atoms with Crippen molar-refractivity contribution in [2.24, 2.45) is 10.7 Å². The van der Waals surface area contributed by atoms with Crippen molar-refractivity contribution in [3.8, 4) is 23.0 Å². The Morgan fingerprint density at radius 3 is 2.65 bits per heavy atom. The van der Waals surface area contributed by atoms with Gasteiger partial charge in [-0.3, -0.25) is 19.7 Å². The topological polar surface area (TPSA) is 84.5 Å². The quantitative estimate of drug-likeness (QED) is 0.667. The highest BCUT2D eigenvalue weighted by Gasteiger charge is 2.50. The molecule has 0 fully saturated rings. The first-order valence-electron chi connectivity index (χ1n) is 9.64. The van der Waals surface area contributed by atoms with Gasteiger partial charge in [0.25, 0.3) is 5.91 Å². The molecule has 1 aliphatic rings. The Hall–Kier alpha value is -4.05. The number of guanidine groups is 1. The Morgan fingerprint density at radius 1 is 1.13 bits per heavy atom. The number of halogens is 1. The van der Waals surface area contributed by atoms with E-state index in [0.29, 0.717) is 11.3 Å². The van der Waals surface area contributed by atoms with Crippen LogP contribution in [0.3, 0.4) is 0 Å². The zero-order valence-electron chi connectivity index (χ0n) is 17.1. The van der Waals surface area contributed by atoms with Gasteiger partial charge >= 0.3 is 0 Å². The molecule has 1 aromatic carbocycles. The number of hydrogen-bond donors (Lipinski definition) is 1. The van der Waals surface area contributed by atoms with Crippen molar-refractivity contribution in [2.45, 2.75) is 19.1 Å². The summed E-state index contributed by atoms with van der Waals surface area (Å²) in [6, 6.07) is 14.2. The van der Waals surface area contributed by atoms with Gasteiger partial charge in [-0.2, -0.15) is 0 Å². The van der Waals surface area contributed by atoms with Crippen LogP contribution in [-0.4, -0.2) is 33.8 Å². The number of hydrogen-bond acceptors (Lipinski definition) is 5. The number of rotatable bonds is 4. The van der Waals surface area contributed by atoms with E-state index in [1.54, 1.807) is 50.6 Å². The smallest absolute Gasteiger partial charge is 0.267 e. The molecule has 3 aromatic rings. The van der Waals surface area contributed by atoms with Crippen LogP contribution in [0.1, 0.15) is 29.4 Å². The van der Waals surface area contributed by atoms with Gasteiger partial charge in [-0.05, 0) is 42.3 Å². The first-order valence-corrected chi connectivity index (χ1v) is 9.64. The number of aromatic nitrogens is 2. The van der Waals surface area contributed by atoms with Crippen molar-refractivity contribution < 1.29 is 9.18 Å². The van der Waals surface area contributed by atoms with Crippen molar-refractivity contribution in [2.75, 3.05) is 7.05 Å². The van der Waals surface area contributed by atoms with E-state index in [1.165, 1.54) is 4.90 Å². The molecular formula is C24H20FN5O. The zero-order valence-corrected chi connectivity index (χ0v) is 17.1. The number of nitrogens with two attached hydrogens (primary N) is 1. The summed E-state index contributed by atoms with van der Waals surface area (Å²) >= 11 is 0. The van der Waals surface area contributed by atoms with E-state index in [-0.39, 0.29) is 17.6 Å². The van der Waals surface area contributed by atoms with Crippen molar-refractivity contribution in [3.63, 3.8) is 0 Å². The fourth-order valence-electron chi connectivity index (χ4n) is 3.63. The van der Waals surface area contributed by atoms with Crippen LogP contribution in [0.4, 0.5) is 4.39 Å². The molecule has 31 heavy (non-hydrogen) atoms. The number of carbonyl (C=O) groups excluding carboxylic acids is 1. The van der Waals surface area contributed by atoms with Crippen LogP contribution in [0.2, 0.25) is 0 Å². The average Bonchev–Trinajstić information content (AvgIpc) is 3.04. The van der Waals surface area contributed by atoms with Crippen LogP contribution in [-0.2, 0) is 17.0 Å². The van der Waals surface area contributed by atoms with Gasteiger partial charge in [0.1, 0.15) is 6.67 Å². The Kier molecular flexibility index (Phi) is 5.22. The summed E-state index contributed by atoms with van der Waals surface area (Å²) in [7, 11) is 1.56. The molecule has 7 heteroatoms. The number of aliphatic imine (C=N–C) groups is 1. The maximum Gasteiger partial charge on any atom is 0.267 e. The summed E-state index contributed by atoms with van der Waals surface area (Å²) in [6.07, 6.45) is 3.42. The lowest BCUT2D eigenvalue weighted by molar-refractivity contribution is -0.129. The highest BCUT2D eigenvalue weighted by atomic mass is 19.1. The van der Waals surface area contributed by atoms with Crippen LogP contribution < -0.4 is 5.73 Å². The number of alkyl halides is 1. The molecule has 1 aliphatic heterocycles. The predicted molar refractivity (Wildman–Crippen MR) is 116 cm³/mol. The molecule has 1 atom stereocenters. The minimum absolute atomic E-state index is 0.0738. The van der Waals surface area contributed by atoms with Gasteiger partial charge in [-0.15, -0.1) is 5.92 Å². The van der Waals surface area contributed by atoms with E-state index >= 15 is 0 Å².